The first-order chi connectivity index (χ1) is 9.22. The molecule has 0 saturated heterocycles. The number of rotatable bonds is 3. The van der Waals surface area contributed by atoms with Gasteiger partial charge in [0.25, 0.3) is 9.84 Å². The summed E-state index contributed by atoms with van der Waals surface area (Å²) in [7, 11) is -5.42. The Bertz CT molecular complexity index is 586. The lowest BCUT2D eigenvalue weighted by atomic mass is 10.3. The second-order valence-electron chi connectivity index (χ2n) is 4.71. The summed E-state index contributed by atoms with van der Waals surface area (Å²) in [5.41, 5.74) is 0.345. The van der Waals surface area contributed by atoms with Gasteiger partial charge in [0, 0.05) is 6.04 Å². The van der Waals surface area contributed by atoms with Gasteiger partial charge < -0.3 is 10.5 Å². The molecule has 2 atom stereocenters. The summed E-state index contributed by atoms with van der Waals surface area (Å²) in [4.78, 5) is -0.854. The Morgan fingerprint density at radius 2 is 1.85 bits per heavy atom. The SMILES string of the molecule is NC1CCC(Oc2ccccc2S(=O)(=O)C(F)(F)F)C1. The fourth-order valence-electron chi connectivity index (χ4n) is 2.15. The van der Waals surface area contributed by atoms with E-state index in [1.807, 2.05) is 0 Å². The van der Waals surface area contributed by atoms with E-state index >= 15 is 0 Å². The van der Waals surface area contributed by atoms with Crippen molar-refractivity contribution in [2.75, 3.05) is 0 Å². The van der Waals surface area contributed by atoms with E-state index in [1.165, 1.54) is 18.2 Å². The van der Waals surface area contributed by atoms with Crippen LogP contribution >= 0.6 is 0 Å². The van der Waals surface area contributed by atoms with Gasteiger partial charge in [-0.1, -0.05) is 12.1 Å². The summed E-state index contributed by atoms with van der Waals surface area (Å²) in [6.45, 7) is 0. The van der Waals surface area contributed by atoms with E-state index in [-0.39, 0.29) is 17.9 Å². The number of sulfone groups is 1. The Morgan fingerprint density at radius 3 is 2.40 bits per heavy atom. The first-order valence-corrected chi connectivity index (χ1v) is 7.53. The maximum atomic E-state index is 12.6. The molecule has 1 aromatic carbocycles. The van der Waals surface area contributed by atoms with Crippen LogP contribution in [-0.4, -0.2) is 26.1 Å². The molecule has 4 nitrogen and oxygen atoms in total. The Hall–Kier alpha value is -1.28. The van der Waals surface area contributed by atoms with Crippen molar-refractivity contribution in [2.45, 2.75) is 41.8 Å². The van der Waals surface area contributed by atoms with Crippen LogP contribution in [0.3, 0.4) is 0 Å². The molecule has 0 heterocycles. The van der Waals surface area contributed by atoms with Crippen LogP contribution in [-0.2, 0) is 9.84 Å². The van der Waals surface area contributed by atoms with Crippen LogP contribution in [0.5, 0.6) is 5.75 Å². The molecule has 20 heavy (non-hydrogen) atoms. The van der Waals surface area contributed by atoms with Crippen molar-refractivity contribution in [1.29, 1.82) is 0 Å². The summed E-state index contributed by atoms with van der Waals surface area (Å²) in [5.74, 6) is -0.274. The van der Waals surface area contributed by atoms with E-state index < -0.39 is 20.2 Å². The lowest BCUT2D eigenvalue weighted by molar-refractivity contribution is -0.0437. The summed E-state index contributed by atoms with van der Waals surface area (Å²) in [5, 5.41) is 0. The molecule has 1 fully saturated rings. The van der Waals surface area contributed by atoms with E-state index in [9.17, 15) is 21.6 Å². The molecule has 1 aromatic rings. The summed E-state index contributed by atoms with van der Waals surface area (Å²) in [6.07, 6.45) is 1.45. The smallest absolute Gasteiger partial charge is 0.489 e. The predicted octanol–water partition coefficient (Wildman–Crippen LogP) is 2.24. The van der Waals surface area contributed by atoms with E-state index in [0.717, 1.165) is 6.07 Å². The van der Waals surface area contributed by atoms with Crippen molar-refractivity contribution in [2.24, 2.45) is 5.73 Å². The topological polar surface area (TPSA) is 69.4 Å². The van der Waals surface area contributed by atoms with E-state index in [2.05, 4.69) is 0 Å². The number of hydrogen-bond donors (Lipinski definition) is 1. The number of benzene rings is 1. The molecule has 0 aromatic heterocycles. The van der Waals surface area contributed by atoms with Crippen LogP contribution in [0.4, 0.5) is 13.2 Å². The van der Waals surface area contributed by atoms with Crippen LogP contribution < -0.4 is 10.5 Å². The molecule has 1 aliphatic carbocycles. The van der Waals surface area contributed by atoms with E-state index in [4.69, 9.17) is 10.5 Å². The van der Waals surface area contributed by atoms with Gasteiger partial charge in [-0.15, -0.1) is 0 Å². The number of halogens is 3. The highest BCUT2D eigenvalue weighted by molar-refractivity contribution is 7.92. The molecule has 0 amide bonds. The molecule has 112 valence electrons. The molecular weight excluding hydrogens is 295 g/mol. The highest BCUT2D eigenvalue weighted by Crippen LogP contribution is 2.36. The van der Waals surface area contributed by atoms with Gasteiger partial charge in [0.15, 0.2) is 0 Å². The molecule has 2 unspecified atom stereocenters. The molecule has 0 aliphatic heterocycles. The fraction of sp³-hybridized carbons (Fsp3) is 0.500. The highest BCUT2D eigenvalue weighted by Gasteiger charge is 2.48. The molecule has 0 radical (unpaired) electrons. The molecular formula is C12H14F3NO3S. The van der Waals surface area contributed by atoms with Crippen molar-refractivity contribution in [3.05, 3.63) is 24.3 Å². The van der Waals surface area contributed by atoms with Gasteiger partial charge in [-0.25, -0.2) is 8.42 Å². The summed E-state index contributed by atoms with van der Waals surface area (Å²) >= 11 is 0. The quantitative estimate of drug-likeness (QED) is 0.929. The van der Waals surface area contributed by atoms with Gasteiger partial charge in [-0.2, -0.15) is 13.2 Å². The van der Waals surface area contributed by atoms with Gasteiger partial charge in [-0.3, -0.25) is 0 Å². The minimum atomic E-state index is -5.42. The number of hydrogen-bond acceptors (Lipinski definition) is 4. The third-order valence-electron chi connectivity index (χ3n) is 3.16. The first-order valence-electron chi connectivity index (χ1n) is 6.04. The lowest BCUT2D eigenvalue weighted by Crippen LogP contribution is -2.25. The zero-order chi connectivity index (χ0) is 15.0. The second-order valence-corrected chi connectivity index (χ2v) is 6.62. The van der Waals surface area contributed by atoms with Gasteiger partial charge >= 0.3 is 5.51 Å². The molecule has 8 heteroatoms. The third-order valence-corrected chi connectivity index (χ3v) is 4.69. The van der Waals surface area contributed by atoms with Crippen LogP contribution in [0, 0.1) is 0 Å². The van der Waals surface area contributed by atoms with Gasteiger partial charge in [0.1, 0.15) is 16.7 Å². The van der Waals surface area contributed by atoms with E-state index in [0.29, 0.717) is 19.3 Å². The van der Waals surface area contributed by atoms with Crippen molar-refractivity contribution in [3.63, 3.8) is 0 Å². The molecule has 2 N–H and O–H groups in total. The Balaban J connectivity index is 2.32. The maximum Gasteiger partial charge on any atom is 0.502 e. The van der Waals surface area contributed by atoms with Crippen molar-refractivity contribution in [1.82, 2.24) is 0 Å². The molecule has 0 bridgehead atoms. The molecule has 1 saturated carbocycles. The van der Waals surface area contributed by atoms with Gasteiger partial charge in [0.2, 0.25) is 0 Å². The van der Waals surface area contributed by atoms with Crippen molar-refractivity contribution < 1.29 is 26.3 Å². The molecule has 0 spiro atoms. The zero-order valence-electron chi connectivity index (χ0n) is 10.4. The van der Waals surface area contributed by atoms with Gasteiger partial charge in [0.05, 0.1) is 0 Å². The summed E-state index contributed by atoms with van der Waals surface area (Å²) < 4.78 is 66.2. The van der Waals surface area contributed by atoms with Crippen LogP contribution in [0.2, 0.25) is 0 Å². The third kappa shape index (κ3) is 2.90. The standard InChI is InChI=1S/C12H14F3NO3S/c13-12(14,15)20(17,18)11-4-2-1-3-10(11)19-9-6-5-8(16)7-9/h1-4,8-9H,5-7,16H2. The van der Waals surface area contributed by atoms with Crippen molar-refractivity contribution >= 4 is 9.84 Å². The van der Waals surface area contributed by atoms with Crippen molar-refractivity contribution in [3.8, 4) is 5.75 Å². The Labute approximate surface area is 114 Å². The molecule has 1 aliphatic rings. The average Bonchev–Trinajstić information content (AvgIpc) is 2.74. The minimum absolute atomic E-state index is 0.0635. The lowest BCUT2D eigenvalue weighted by Gasteiger charge is -2.17. The second kappa shape index (κ2) is 5.25. The van der Waals surface area contributed by atoms with Gasteiger partial charge in [-0.05, 0) is 31.4 Å². The Morgan fingerprint density at radius 1 is 1.20 bits per heavy atom. The Kier molecular flexibility index (Phi) is 3.97. The fourth-order valence-corrected chi connectivity index (χ4v) is 3.04. The first kappa shape index (κ1) is 15.1. The van der Waals surface area contributed by atoms with E-state index in [1.54, 1.807) is 0 Å². The number of ether oxygens (including phenoxy) is 1. The summed E-state index contributed by atoms with van der Waals surface area (Å²) in [6, 6.07) is 4.72. The predicted molar refractivity (Wildman–Crippen MR) is 65.9 cm³/mol. The van der Waals surface area contributed by atoms with Crippen LogP contribution in [0.25, 0.3) is 0 Å². The highest BCUT2D eigenvalue weighted by atomic mass is 32.2. The largest absolute Gasteiger partial charge is 0.502 e. The maximum absolute atomic E-state index is 12.6. The average molecular weight is 309 g/mol. The minimum Gasteiger partial charge on any atom is -0.489 e. The van der Waals surface area contributed by atoms with Crippen LogP contribution in [0.15, 0.2) is 29.2 Å². The van der Waals surface area contributed by atoms with Crippen LogP contribution in [0.1, 0.15) is 19.3 Å². The number of para-hydroxylation sites is 1. The molecule has 2 rings (SSSR count). The number of nitrogens with two attached hydrogens (primary N) is 1. The monoisotopic (exact) mass is 309 g/mol. The normalized spacial score (nSPS) is 23.8. The number of alkyl halides is 3. The zero-order valence-corrected chi connectivity index (χ0v) is 11.2.